The highest BCUT2D eigenvalue weighted by atomic mass is 79.9. The van der Waals surface area contributed by atoms with Crippen LogP contribution in [-0.4, -0.2) is 11.1 Å². The SMILES string of the molecule is Cc1cc(Br)ccc1OCc1ccc(C(=O)O)cc1Cl. The van der Waals surface area contributed by atoms with Crippen molar-refractivity contribution in [3.8, 4) is 5.75 Å². The number of aryl methyl sites for hydroxylation is 1. The lowest BCUT2D eigenvalue weighted by atomic mass is 10.1. The molecule has 0 unspecified atom stereocenters. The van der Waals surface area contributed by atoms with E-state index in [2.05, 4.69) is 15.9 Å². The van der Waals surface area contributed by atoms with Crippen LogP contribution in [0.2, 0.25) is 5.02 Å². The van der Waals surface area contributed by atoms with Crippen LogP contribution in [0.3, 0.4) is 0 Å². The van der Waals surface area contributed by atoms with Gasteiger partial charge in [0.25, 0.3) is 0 Å². The number of hydrogen-bond donors (Lipinski definition) is 1. The summed E-state index contributed by atoms with van der Waals surface area (Å²) < 4.78 is 6.70. The van der Waals surface area contributed by atoms with Crippen LogP contribution in [0.1, 0.15) is 21.5 Å². The summed E-state index contributed by atoms with van der Waals surface area (Å²) in [6, 6.07) is 10.3. The molecule has 0 aliphatic rings. The molecule has 0 saturated heterocycles. The van der Waals surface area contributed by atoms with Crippen LogP contribution in [0.15, 0.2) is 40.9 Å². The predicted octanol–water partition coefficient (Wildman–Crippen LogP) is 4.69. The zero-order valence-corrected chi connectivity index (χ0v) is 13.0. The van der Waals surface area contributed by atoms with Crippen molar-refractivity contribution in [1.82, 2.24) is 0 Å². The first kappa shape index (κ1) is 14.9. The molecule has 2 aromatic rings. The Morgan fingerprint density at radius 1 is 1.30 bits per heavy atom. The number of hydrogen-bond acceptors (Lipinski definition) is 2. The van der Waals surface area contributed by atoms with E-state index in [0.29, 0.717) is 11.6 Å². The number of carboxylic acids is 1. The third-order valence-electron chi connectivity index (χ3n) is 2.82. The molecule has 104 valence electrons. The first-order valence-electron chi connectivity index (χ1n) is 5.88. The summed E-state index contributed by atoms with van der Waals surface area (Å²) in [4.78, 5) is 10.8. The zero-order chi connectivity index (χ0) is 14.7. The van der Waals surface area contributed by atoms with Gasteiger partial charge in [-0.05, 0) is 42.8 Å². The van der Waals surface area contributed by atoms with Crippen molar-refractivity contribution in [3.05, 3.63) is 62.6 Å². The second-order valence-corrected chi connectivity index (χ2v) is 5.63. The highest BCUT2D eigenvalue weighted by molar-refractivity contribution is 9.10. The summed E-state index contributed by atoms with van der Waals surface area (Å²) in [6.07, 6.45) is 0. The Bertz CT molecular complexity index is 656. The third kappa shape index (κ3) is 3.52. The fraction of sp³-hybridized carbons (Fsp3) is 0.133. The molecule has 2 rings (SSSR count). The topological polar surface area (TPSA) is 46.5 Å². The van der Waals surface area contributed by atoms with E-state index in [1.807, 2.05) is 25.1 Å². The zero-order valence-electron chi connectivity index (χ0n) is 10.7. The second kappa shape index (κ2) is 6.29. The van der Waals surface area contributed by atoms with Crippen molar-refractivity contribution in [1.29, 1.82) is 0 Å². The van der Waals surface area contributed by atoms with Gasteiger partial charge in [0, 0.05) is 15.1 Å². The molecule has 0 bridgehead atoms. The average Bonchev–Trinajstić information content (AvgIpc) is 2.38. The van der Waals surface area contributed by atoms with Gasteiger partial charge in [0.15, 0.2) is 0 Å². The number of aromatic carboxylic acids is 1. The van der Waals surface area contributed by atoms with Crippen LogP contribution in [0.25, 0.3) is 0 Å². The van der Waals surface area contributed by atoms with Crippen molar-refractivity contribution in [2.75, 3.05) is 0 Å². The highest BCUT2D eigenvalue weighted by Gasteiger charge is 2.08. The molecule has 0 saturated carbocycles. The summed E-state index contributed by atoms with van der Waals surface area (Å²) in [6.45, 7) is 2.25. The molecule has 0 aromatic heterocycles. The van der Waals surface area contributed by atoms with Crippen molar-refractivity contribution in [2.24, 2.45) is 0 Å². The van der Waals surface area contributed by atoms with Crippen LogP contribution in [0.4, 0.5) is 0 Å². The van der Waals surface area contributed by atoms with Crippen LogP contribution < -0.4 is 4.74 Å². The number of ether oxygens (including phenoxy) is 1. The molecular formula is C15H12BrClO3. The summed E-state index contributed by atoms with van der Waals surface area (Å²) in [5, 5.41) is 9.26. The first-order chi connectivity index (χ1) is 9.47. The molecule has 0 radical (unpaired) electrons. The lowest BCUT2D eigenvalue weighted by molar-refractivity contribution is 0.0697. The van der Waals surface area contributed by atoms with Crippen LogP contribution in [0.5, 0.6) is 5.75 Å². The third-order valence-corrected chi connectivity index (χ3v) is 3.67. The van der Waals surface area contributed by atoms with Gasteiger partial charge in [-0.1, -0.05) is 33.6 Å². The largest absolute Gasteiger partial charge is 0.489 e. The van der Waals surface area contributed by atoms with Crippen molar-refractivity contribution in [2.45, 2.75) is 13.5 Å². The maximum atomic E-state index is 10.8. The summed E-state index contributed by atoms with van der Waals surface area (Å²) in [5.74, 6) is -0.227. The normalized spacial score (nSPS) is 10.3. The predicted molar refractivity (Wildman–Crippen MR) is 81.6 cm³/mol. The molecule has 0 heterocycles. The van der Waals surface area contributed by atoms with Gasteiger partial charge in [0.1, 0.15) is 12.4 Å². The maximum Gasteiger partial charge on any atom is 0.335 e. The molecule has 0 spiro atoms. The molecule has 2 aromatic carbocycles. The molecule has 1 N–H and O–H groups in total. The Hall–Kier alpha value is -1.52. The lowest BCUT2D eigenvalue weighted by Gasteiger charge is -2.11. The highest BCUT2D eigenvalue weighted by Crippen LogP contribution is 2.25. The van der Waals surface area contributed by atoms with Gasteiger partial charge in [-0.15, -0.1) is 0 Å². The van der Waals surface area contributed by atoms with Gasteiger partial charge in [-0.25, -0.2) is 4.79 Å². The average molecular weight is 356 g/mol. The van der Waals surface area contributed by atoms with E-state index in [4.69, 9.17) is 21.4 Å². The van der Waals surface area contributed by atoms with Gasteiger partial charge < -0.3 is 9.84 Å². The minimum Gasteiger partial charge on any atom is -0.489 e. The molecule has 0 aliphatic heterocycles. The van der Waals surface area contributed by atoms with Crippen molar-refractivity contribution in [3.63, 3.8) is 0 Å². The molecule has 0 atom stereocenters. The number of carboxylic acid groups (broad SMARTS) is 1. The molecule has 20 heavy (non-hydrogen) atoms. The van der Waals surface area contributed by atoms with Crippen molar-refractivity contribution >= 4 is 33.5 Å². The van der Waals surface area contributed by atoms with E-state index in [9.17, 15) is 4.79 Å². The Kier molecular flexibility index (Phi) is 4.68. The molecule has 0 aliphatic carbocycles. The number of carbonyl (C=O) groups is 1. The molecule has 3 nitrogen and oxygen atoms in total. The molecule has 0 amide bonds. The Balaban J connectivity index is 2.13. The fourth-order valence-corrected chi connectivity index (χ4v) is 2.44. The summed E-state index contributed by atoms with van der Waals surface area (Å²) in [5.41, 5.74) is 1.93. The van der Waals surface area contributed by atoms with E-state index in [1.54, 1.807) is 6.07 Å². The first-order valence-corrected chi connectivity index (χ1v) is 7.05. The molecule has 5 heteroatoms. The Morgan fingerprint density at radius 3 is 2.65 bits per heavy atom. The van der Waals surface area contributed by atoms with Crippen LogP contribution >= 0.6 is 27.5 Å². The lowest BCUT2D eigenvalue weighted by Crippen LogP contribution is -2.01. The van der Waals surface area contributed by atoms with Crippen LogP contribution in [-0.2, 0) is 6.61 Å². The fourth-order valence-electron chi connectivity index (χ4n) is 1.73. The van der Waals surface area contributed by atoms with Gasteiger partial charge in [0.2, 0.25) is 0 Å². The van der Waals surface area contributed by atoms with Gasteiger partial charge in [-0.3, -0.25) is 0 Å². The minimum absolute atomic E-state index is 0.165. The van der Waals surface area contributed by atoms with Crippen molar-refractivity contribution < 1.29 is 14.6 Å². The van der Waals surface area contributed by atoms with Gasteiger partial charge in [0.05, 0.1) is 5.56 Å². The second-order valence-electron chi connectivity index (χ2n) is 4.31. The summed E-state index contributed by atoms with van der Waals surface area (Å²) in [7, 11) is 0. The maximum absolute atomic E-state index is 10.8. The van der Waals surface area contributed by atoms with Gasteiger partial charge >= 0.3 is 5.97 Å². The Morgan fingerprint density at radius 2 is 2.05 bits per heavy atom. The number of benzene rings is 2. The van der Waals surface area contributed by atoms with E-state index in [0.717, 1.165) is 21.3 Å². The summed E-state index contributed by atoms with van der Waals surface area (Å²) >= 11 is 9.45. The number of halogens is 2. The standard InChI is InChI=1S/C15H12BrClO3/c1-9-6-12(16)4-5-14(9)20-8-11-3-2-10(15(18)19)7-13(11)17/h2-7H,8H2,1H3,(H,18,19). The molecule has 0 fully saturated rings. The molecular weight excluding hydrogens is 344 g/mol. The minimum atomic E-state index is -0.997. The van der Waals surface area contributed by atoms with E-state index < -0.39 is 5.97 Å². The quantitative estimate of drug-likeness (QED) is 0.865. The number of rotatable bonds is 4. The van der Waals surface area contributed by atoms with E-state index in [1.165, 1.54) is 12.1 Å². The van der Waals surface area contributed by atoms with E-state index in [-0.39, 0.29) is 5.56 Å². The monoisotopic (exact) mass is 354 g/mol. The van der Waals surface area contributed by atoms with E-state index >= 15 is 0 Å². The van der Waals surface area contributed by atoms with Gasteiger partial charge in [-0.2, -0.15) is 0 Å². The van der Waals surface area contributed by atoms with Crippen LogP contribution in [0, 0.1) is 6.92 Å². The smallest absolute Gasteiger partial charge is 0.335 e. The Labute approximate surface area is 130 Å².